The van der Waals surface area contributed by atoms with E-state index in [1.807, 2.05) is 0 Å². The van der Waals surface area contributed by atoms with E-state index in [0.29, 0.717) is 0 Å². The standard InChI is InChI=1S/C6H8F3NO3/c7-6(8,9)4-1-10-3(2-13-4)5(11)12/h3-4,10H,1-2H2,(H,11,12)/t3-,4-/m1/s1. The van der Waals surface area contributed by atoms with Gasteiger partial charge in [0.05, 0.1) is 6.61 Å². The van der Waals surface area contributed by atoms with Crippen molar-refractivity contribution in [3.63, 3.8) is 0 Å². The highest BCUT2D eigenvalue weighted by molar-refractivity contribution is 5.73. The number of halogens is 3. The summed E-state index contributed by atoms with van der Waals surface area (Å²) >= 11 is 0. The van der Waals surface area contributed by atoms with Crippen molar-refractivity contribution in [1.82, 2.24) is 5.32 Å². The van der Waals surface area contributed by atoms with E-state index in [1.54, 1.807) is 0 Å². The lowest BCUT2D eigenvalue weighted by Crippen LogP contribution is -2.54. The molecule has 0 unspecified atom stereocenters. The van der Waals surface area contributed by atoms with E-state index >= 15 is 0 Å². The van der Waals surface area contributed by atoms with Gasteiger partial charge in [0.15, 0.2) is 6.10 Å². The Labute approximate surface area is 71.7 Å². The lowest BCUT2D eigenvalue weighted by molar-refractivity contribution is -0.229. The van der Waals surface area contributed by atoms with Crippen LogP contribution in [0.5, 0.6) is 0 Å². The van der Waals surface area contributed by atoms with Crippen molar-refractivity contribution in [1.29, 1.82) is 0 Å². The molecule has 0 saturated carbocycles. The highest BCUT2D eigenvalue weighted by Gasteiger charge is 2.43. The average molecular weight is 199 g/mol. The van der Waals surface area contributed by atoms with Crippen LogP contribution in [0.1, 0.15) is 0 Å². The minimum absolute atomic E-state index is 0.459. The quantitative estimate of drug-likeness (QED) is 0.623. The van der Waals surface area contributed by atoms with E-state index in [4.69, 9.17) is 5.11 Å². The van der Waals surface area contributed by atoms with Crippen molar-refractivity contribution in [3.8, 4) is 0 Å². The Morgan fingerprint density at radius 1 is 1.54 bits per heavy atom. The number of ether oxygens (including phenoxy) is 1. The maximum atomic E-state index is 12.0. The number of aliphatic carboxylic acids is 1. The van der Waals surface area contributed by atoms with Crippen LogP contribution in [0.25, 0.3) is 0 Å². The molecule has 7 heteroatoms. The third kappa shape index (κ3) is 2.56. The van der Waals surface area contributed by atoms with Gasteiger partial charge in [-0.3, -0.25) is 10.1 Å². The monoisotopic (exact) mass is 199 g/mol. The van der Waals surface area contributed by atoms with Crippen LogP contribution in [0.4, 0.5) is 13.2 Å². The number of carbonyl (C=O) groups is 1. The molecule has 1 heterocycles. The molecule has 1 aliphatic rings. The summed E-state index contributed by atoms with van der Waals surface area (Å²) in [5.74, 6) is -1.21. The van der Waals surface area contributed by atoms with Crippen LogP contribution in [0, 0.1) is 0 Å². The van der Waals surface area contributed by atoms with Crippen molar-refractivity contribution in [3.05, 3.63) is 0 Å². The van der Waals surface area contributed by atoms with Gasteiger partial charge in [0.2, 0.25) is 0 Å². The van der Waals surface area contributed by atoms with Crippen LogP contribution in [-0.2, 0) is 9.53 Å². The molecule has 2 atom stereocenters. The molecule has 0 amide bonds. The Hall–Kier alpha value is -0.820. The van der Waals surface area contributed by atoms with E-state index in [-0.39, 0.29) is 0 Å². The van der Waals surface area contributed by atoms with Gasteiger partial charge in [0.25, 0.3) is 0 Å². The van der Waals surface area contributed by atoms with Gasteiger partial charge in [-0.25, -0.2) is 0 Å². The topological polar surface area (TPSA) is 58.6 Å². The Morgan fingerprint density at radius 2 is 2.15 bits per heavy atom. The maximum Gasteiger partial charge on any atom is 0.415 e. The summed E-state index contributed by atoms with van der Waals surface area (Å²) < 4.78 is 40.2. The summed E-state index contributed by atoms with van der Waals surface area (Å²) in [6.07, 6.45) is -6.33. The zero-order valence-electron chi connectivity index (χ0n) is 6.47. The molecule has 0 spiro atoms. The van der Waals surface area contributed by atoms with Crippen LogP contribution in [0.2, 0.25) is 0 Å². The van der Waals surface area contributed by atoms with Gasteiger partial charge in [-0.2, -0.15) is 13.2 Å². The second-order valence-corrected chi connectivity index (χ2v) is 2.66. The van der Waals surface area contributed by atoms with Crippen molar-refractivity contribution in [2.75, 3.05) is 13.2 Å². The van der Waals surface area contributed by atoms with Crippen molar-refractivity contribution in [2.24, 2.45) is 0 Å². The molecule has 4 nitrogen and oxygen atoms in total. The Balaban J connectivity index is 2.44. The predicted octanol–water partition coefficient (Wildman–Crippen LogP) is -0.00970. The summed E-state index contributed by atoms with van der Waals surface area (Å²) in [6.45, 7) is -0.972. The summed E-state index contributed by atoms with van der Waals surface area (Å²) in [5.41, 5.74) is 0. The molecule has 1 aliphatic heterocycles. The molecule has 76 valence electrons. The van der Waals surface area contributed by atoms with Gasteiger partial charge in [0.1, 0.15) is 6.04 Å². The Morgan fingerprint density at radius 3 is 2.46 bits per heavy atom. The minimum Gasteiger partial charge on any atom is -0.480 e. The zero-order valence-corrected chi connectivity index (χ0v) is 6.47. The van der Waals surface area contributed by atoms with Crippen LogP contribution >= 0.6 is 0 Å². The fourth-order valence-corrected chi connectivity index (χ4v) is 0.948. The summed E-state index contributed by atoms with van der Waals surface area (Å²) in [6, 6.07) is -1.04. The van der Waals surface area contributed by atoms with Gasteiger partial charge in [-0.1, -0.05) is 0 Å². The number of alkyl halides is 3. The van der Waals surface area contributed by atoms with Crippen molar-refractivity contribution in [2.45, 2.75) is 18.3 Å². The first-order chi connectivity index (χ1) is 5.91. The SMILES string of the molecule is O=C(O)[C@H]1CO[C@@H](C(F)(F)F)CN1. The van der Waals surface area contributed by atoms with E-state index in [2.05, 4.69) is 10.1 Å². The van der Waals surface area contributed by atoms with Gasteiger partial charge in [0, 0.05) is 6.54 Å². The second-order valence-electron chi connectivity index (χ2n) is 2.66. The highest BCUT2D eigenvalue weighted by atomic mass is 19.4. The molecular weight excluding hydrogens is 191 g/mol. The molecule has 1 rings (SSSR count). The first-order valence-corrected chi connectivity index (χ1v) is 3.56. The average Bonchev–Trinajstić information content (AvgIpc) is 2.03. The summed E-state index contributed by atoms with van der Waals surface area (Å²) in [4.78, 5) is 10.3. The molecule has 0 aromatic rings. The lowest BCUT2D eigenvalue weighted by atomic mass is 10.2. The fraction of sp³-hybridized carbons (Fsp3) is 0.833. The predicted molar refractivity (Wildman–Crippen MR) is 35.2 cm³/mol. The molecule has 0 radical (unpaired) electrons. The summed E-state index contributed by atoms with van der Waals surface area (Å²) in [5, 5.41) is 10.6. The van der Waals surface area contributed by atoms with Gasteiger partial charge >= 0.3 is 12.1 Å². The molecule has 1 saturated heterocycles. The first-order valence-electron chi connectivity index (χ1n) is 3.56. The number of carboxylic acids is 1. The zero-order chi connectivity index (χ0) is 10.1. The minimum atomic E-state index is -4.43. The van der Waals surface area contributed by atoms with Crippen LogP contribution in [0.15, 0.2) is 0 Å². The number of nitrogens with one attached hydrogen (secondary N) is 1. The molecule has 2 N–H and O–H groups in total. The normalized spacial score (nSPS) is 30.1. The largest absolute Gasteiger partial charge is 0.480 e. The molecule has 0 aromatic carbocycles. The van der Waals surface area contributed by atoms with Gasteiger partial charge in [-0.05, 0) is 0 Å². The van der Waals surface area contributed by atoms with E-state index in [1.165, 1.54) is 0 Å². The Kier molecular flexibility index (Phi) is 2.77. The number of hydrogen-bond donors (Lipinski definition) is 2. The molecule has 0 aromatic heterocycles. The molecule has 0 bridgehead atoms. The van der Waals surface area contributed by atoms with Crippen LogP contribution in [0.3, 0.4) is 0 Å². The smallest absolute Gasteiger partial charge is 0.415 e. The van der Waals surface area contributed by atoms with Crippen LogP contribution in [-0.4, -0.2) is 42.5 Å². The molecule has 13 heavy (non-hydrogen) atoms. The van der Waals surface area contributed by atoms with E-state index in [0.717, 1.165) is 0 Å². The highest BCUT2D eigenvalue weighted by Crippen LogP contribution is 2.24. The molecule has 0 aliphatic carbocycles. The van der Waals surface area contributed by atoms with Crippen molar-refractivity contribution >= 4 is 5.97 Å². The number of morpholine rings is 1. The van der Waals surface area contributed by atoms with Gasteiger partial charge < -0.3 is 9.84 Å². The second kappa shape index (κ2) is 3.51. The number of rotatable bonds is 1. The number of carboxylic acid groups (broad SMARTS) is 1. The fourth-order valence-electron chi connectivity index (χ4n) is 0.948. The Bertz CT molecular complexity index is 198. The lowest BCUT2D eigenvalue weighted by Gasteiger charge is -2.29. The summed E-state index contributed by atoms with van der Waals surface area (Å²) in [7, 11) is 0. The van der Waals surface area contributed by atoms with Gasteiger partial charge in [-0.15, -0.1) is 0 Å². The van der Waals surface area contributed by atoms with E-state index < -0.39 is 37.4 Å². The van der Waals surface area contributed by atoms with Crippen molar-refractivity contribution < 1.29 is 27.8 Å². The maximum absolute atomic E-state index is 12.0. The van der Waals surface area contributed by atoms with Crippen LogP contribution < -0.4 is 5.32 Å². The van der Waals surface area contributed by atoms with E-state index in [9.17, 15) is 18.0 Å². The third-order valence-corrected chi connectivity index (χ3v) is 1.68. The first kappa shape index (κ1) is 10.3. The third-order valence-electron chi connectivity index (χ3n) is 1.68. The number of hydrogen-bond acceptors (Lipinski definition) is 3. The molecule has 1 fully saturated rings. The molecular formula is C6H8F3NO3.